The number of para-hydroxylation sites is 1. The molecule has 5 rings (SSSR count). The number of nitrogens with zero attached hydrogens (tertiary/aromatic N) is 2. The van der Waals surface area contributed by atoms with Gasteiger partial charge in [0.05, 0.1) is 37.3 Å². The van der Waals surface area contributed by atoms with Crippen LogP contribution in [0.4, 0.5) is 4.79 Å². The molecule has 0 spiro atoms. The molecule has 3 heterocycles. The van der Waals surface area contributed by atoms with Gasteiger partial charge >= 0.3 is 6.09 Å². The molecule has 2 saturated heterocycles. The van der Waals surface area contributed by atoms with Gasteiger partial charge in [0.15, 0.2) is 0 Å². The van der Waals surface area contributed by atoms with Gasteiger partial charge in [0.25, 0.3) is 0 Å². The number of nitrogens with one attached hydrogen (secondary N) is 3. The third-order valence-electron chi connectivity index (χ3n) is 10.8. The number of piperazine rings is 1. The number of benzene rings is 1. The minimum absolute atomic E-state index is 0.00583. The molecule has 13 nitrogen and oxygen atoms in total. The summed E-state index contributed by atoms with van der Waals surface area (Å²) < 4.78 is 11.8. The topological polar surface area (TPSA) is 170 Å². The minimum atomic E-state index is -1.30. The Kier molecular flexibility index (Phi) is 12.1. The third-order valence-corrected chi connectivity index (χ3v) is 10.8. The van der Waals surface area contributed by atoms with Crippen LogP contribution in [0, 0.1) is 17.3 Å². The third kappa shape index (κ3) is 8.67. The first kappa shape index (κ1) is 36.9. The fourth-order valence-corrected chi connectivity index (χ4v) is 8.29. The zero-order valence-electron chi connectivity index (χ0n) is 29.4. The van der Waals surface area contributed by atoms with Crippen molar-refractivity contribution in [2.75, 3.05) is 39.5 Å². The summed E-state index contributed by atoms with van der Waals surface area (Å²) in [4.78, 5) is 58.8. The summed E-state index contributed by atoms with van der Waals surface area (Å²) in [6.07, 6.45) is 4.39. The Morgan fingerprint density at radius 1 is 1.02 bits per heavy atom. The van der Waals surface area contributed by atoms with E-state index in [0.717, 1.165) is 49.8 Å². The Balaban J connectivity index is 1.43. The fraction of sp³-hybridized carbons (Fsp3) is 0.722. The average Bonchev–Trinajstić information content (AvgIpc) is 3.47. The molecule has 5 N–H and O–H groups in total. The second kappa shape index (κ2) is 16.1. The monoisotopic (exact) mass is 685 g/mol. The van der Waals surface area contributed by atoms with Crippen LogP contribution in [-0.4, -0.2) is 114 Å². The molecular formula is C36H55N5O8. The Hall–Kier alpha value is -3.42. The molecule has 272 valence electrons. The Bertz CT molecular complexity index is 1330. The highest BCUT2D eigenvalue weighted by Crippen LogP contribution is 2.34. The van der Waals surface area contributed by atoms with Crippen LogP contribution in [0.5, 0.6) is 5.75 Å². The largest absolute Gasteiger partial charge is 0.493 e. The van der Waals surface area contributed by atoms with E-state index >= 15 is 0 Å². The quantitative estimate of drug-likeness (QED) is 0.235. The second-order valence-electron chi connectivity index (χ2n) is 15.1. The van der Waals surface area contributed by atoms with Crippen LogP contribution in [0.2, 0.25) is 0 Å². The summed E-state index contributed by atoms with van der Waals surface area (Å²) >= 11 is 0. The molecule has 3 fully saturated rings. The highest BCUT2D eigenvalue weighted by molar-refractivity contribution is 5.93. The molecule has 0 bridgehead atoms. The Morgan fingerprint density at radius 3 is 2.43 bits per heavy atom. The van der Waals surface area contributed by atoms with Gasteiger partial charge in [-0.15, -0.1) is 0 Å². The van der Waals surface area contributed by atoms with E-state index in [0.29, 0.717) is 39.3 Å². The molecule has 7 atom stereocenters. The van der Waals surface area contributed by atoms with E-state index in [1.807, 2.05) is 31.2 Å². The van der Waals surface area contributed by atoms with Gasteiger partial charge in [-0.2, -0.15) is 0 Å². The zero-order valence-corrected chi connectivity index (χ0v) is 29.4. The highest BCUT2D eigenvalue weighted by Gasteiger charge is 2.48. The van der Waals surface area contributed by atoms with E-state index < -0.39 is 48.1 Å². The number of carbonyl (C=O) groups is 4. The predicted molar refractivity (Wildman–Crippen MR) is 182 cm³/mol. The molecule has 13 heteroatoms. The van der Waals surface area contributed by atoms with Gasteiger partial charge in [0, 0.05) is 44.3 Å². The molecule has 1 aliphatic carbocycles. The van der Waals surface area contributed by atoms with Crippen LogP contribution in [0.25, 0.3) is 0 Å². The maximum atomic E-state index is 14.9. The fourth-order valence-electron chi connectivity index (χ4n) is 8.29. The van der Waals surface area contributed by atoms with Gasteiger partial charge in [-0.25, -0.2) is 4.79 Å². The lowest BCUT2D eigenvalue weighted by molar-refractivity contribution is -0.150. The standard InChI is InChI=1S/C36H55N5O8/c1-5-48-24-17-23-18-41(28(20-40(23)19-24)33(44)37-27-15-16-49-29-14-10-9-13-25(27)29)34(45)30(22-11-7-6-8-12-22)38-32(43)26(21-42)31(36(2,3)4)39-35(46)47/h9-10,13-14,22-24,26-28,30-31,39,42H,5-8,11-12,15-21H2,1-4H3,(H,37,44)(H,38,43)(H,46,47)/t23-,24-,26-,27-,28+,30+,31?/m1/s1. The van der Waals surface area contributed by atoms with E-state index in [1.165, 1.54) is 0 Å². The van der Waals surface area contributed by atoms with Crippen molar-refractivity contribution in [2.45, 2.75) is 109 Å². The lowest BCUT2D eigenvalue weighted by atomic mass is 9.78. The number of hydrogen-bond donors (Lipinski definition) is 5. The van der Waals surface area contributed by atoms with Gasteiger partial charge in [0.1, 0.15) is 17.8 Å². The van der Waals surface area contributed by atoms with Gasteiger partial charge in [0.2, 0.25) is 17.7 Å². The molecule has 1 aromatic rings. The van der Waals surface area contributed by atoms with Gasteiger partial charge in [-0.05, 0) is 43.6 Å². The first-order valence-electron chi connectivity index (χ1n) is 18.0. The van der Waals surface area contributed by atoms with Gasteiger partial charge in [-0.3, -0.25) is 19.3 Å². The van der Waals surface area contributed by atoms with Crippen LogP contribution in [0.3, 0.4) is 0 Å². The number of rotatable bonds is 11. The zero-order chi connectivity index (χ0) is 35.3. The van der Waals surface area contributed by atoms with Crippen molar-refractivity contribution >= 4 is 23.8 Å². The van der Waals surface area contributed by atoms with E-state index in [2.05, 4.69) is 20.9 Å². The Labute approximate surface area is 289 Å². The molecule has 1 unspecified atom stereocenters. The number of aliphatic hydroxyl groups is 1. The maximum absolute atomic E-state index is 14.9. The number of amides is 4. The molecule has 49 heavy (non-hydrogen) atoms. The van der Waals surface area contributed by atoms with Crippen molar-refractivity contribution in [3.05, 3.63) is 29.8 Å². The number of aliphatic hydroxyl groups excluding tert-OH is 1. The van der Waals surface area contributed by atoms with Gasteiger partial charge in [-0.1, -0.05) is 58.2 Å². The smallest absolute Gasteiger partial charge is 0.404 e. The molecule has 4 aliphatic rings. The van der Waals surface area contributed by atoms with Gasteiger partial charge < -0.3 is 40.5 Å². The first-order chi connectivity index (χ1) is 23.4. The number of carbonyl (C=O) groups excluding carboxylic acids is 3. The first-order valence-corrected chi connectivity index (χ1v) is 18.0. The molecule has 1 saturated carbocycles. The summed E-state index contributed by atoms with van der Waals surface area (Å²) in [6.45, 7) is 9.13. The van der Waals surface area contributed by atoms with E-state index in [-0.39, 0.29) is 35.9 Å². The number of carboxylic acid groups (broad SMARTS) is 1. The van der Waals surface area contributed by atoms with Crippen LogP contribution < -0.4 is 20.7 Å². The summed E-state index contributed by atoms with van der Waals surface area (Å²) in [7, 11) is 0. The number of fused-ring (bicyclic) bond motifs is 2. The normalized spacial score (nSPS) is 26.3. The summed E-state index contributed by atoms with van der Waals surface area (Å²) in [5, 5.41) is 28.6. The molecule has 1 aromatic carbocycles. The SMILES string of the molecule is CCO[C@@H]1C[C@@H]2CN(C(=O)[C@@H](NC(=O)[C@H](CO)C(NC(=O)O)C(C)(C)C)C3CCCCC3)[C@H](C(=O)N[C@@H]3CCOc4ccccc43)CN2C1. The van der Waals surface area contributed by atoms with Crippen LogP contribution >= 0.6 is 0 Å². The molecular weight excluding hydrogens is 630 g/mol. The second-order valence-corrected chi connectivity index (χ2v) is 15.1. The lowest BCUT2D eigenvalue weighted by Gasteiger charge is -2.45. The summed E-state index contributed by atoms with van der Waals surface area (Å²) in [5.74, 6) is -1.71. The van der Waals surface area contributed by atoms with Crippen molar-refractivity contribution in [1.29, 1.82) is 0 Å². The van der Waals surface area contributed by atoms with E-state index in [1.54, 1.807) is 25.7 Å². The van der Waals surface area contributed by atoms with Crippen LogP contribution in [0.1, 0.15) is 84.2 Å². The number of ether oxygens (including phenoxy) is 2. The van der Waals surface area contributed by atoms with Crippen molar-refractivity contribution < 1.29 is 38.9 Å². The maximum Gasteiger partial charge on any atom is 0.404 e. The molecule has 0 radical (unpaired) electrons. The molecule has 3 aliphatic heterocycles. The molecule has 0 aromatic heterocycles. The Morgan fingerprint density at radius 2 is 1.76 bits per heavy atom. The van der Waals surface area contributed by atoms with Crippen LogP contribution in [0.15, 0.2) is 24.3 Å². The predicted octanol–water partition coefficient (Wildman–Crippen LogP) is 2.67. The highest BCUT2D eigenvalue weighted by atomic mass is 16.5. The van der Waals surface area contributed by atoms with Crippen molar-refractivity contribution in [3.63, 3.8) is 0 Å². The van der Waals surface area contributed by atoms with Crippen molar-refractivity contribution in [1.82, 2.24) is 25.8 Å². The number of hydrogen-bond acceptors (Lipinski definition) is 8. The lowest BCUT2D eigenvalue weighted by Crippen LogP contribution is -2.66. The van der Waals surface area contributed by atoms with E-state index in [4.69, 9.17) is 9.47 Å². The van der Waals surface area contributed by atoms with E-state index in [9.17, 15) is 29.4 Å². The summed E-state index contributed by atoms with van der Waals surface area (Å²) in [5.41, 5.74) is 0.201. The van der Waals surface area contributed by atoms with Crippen molar-refractivity contribution in [2.24, 2.45) is 17.3 Å². The average molecular weight is 686 g/mol. The molecule has 4 amide bonds. The summed E-state index contributed by atoms with van der Waals surface area (Å²) in [6, 6.07) is 4.75. The van der Waals surface area contributed by atoms with Crippen molar-refractivity contribution in [3.8, 4) is 5.75 Å². The minimum Gasteiger partial charge on any atom is -0.493 e. The van der Waals surface area contributed by atoms with Crippen LogP contribution in [-0.2, 0) is 19.1 Å².